The summed E-state index contributed by atoms with van der Waals surface area (Å²) in [7, 11) is -1.98. The number of methoxy groups -OCH3 is 1. The third-order valence-electron chi connectivity index (χ3n) is 5.85. The van der Waals surface area contributed by atoms with Crippen LogP contribution in [0.1, 0.15) is 45.6 Å². The number of sulfonamides is 1. The second-order valence-corrected chi connectivity index (χ2v) is 11.7. The molecular formula is C27H38ClN3O5S. The van der Waals surface area contributed by atoms with Crippen LogP contribution in [-0.4, -0.2) is 57.6 Å². The Morgan fingerprint density at radius 1 is 1.05 bits per heavy atom. The minimum absolute atomic E-state index is 0.0870. The Balaban J connectivity index is 2.20. The predicted octanol–water partition coefficient (Wildman–Crippen LogP) is 4.47. The third kappa shape index (κ3) is 9.55. The monoisotopic (exact) mass is 551 g/mol. The molecule has 8 nitrogen and oxygen atoms in total. The van der Waals surface area contributed by atoms with E-state index in [-0.39, 0.29) is 43.7 Å². The minimum atomic E-state index is -3.56. The van der Waals surface area contributed by atoms with E-state index in [1.54, 1.807) is 36.3 Å². The number of halogens is 1. The molecule has 2 aromatic rings. The normalized spacial score (nSPS) is 12.2. The van der Waals surface area contributed by atoms with Crippen molar-refractivity contribution in [2.75, 3.05) is 30.8 Å². The second-order valence-electron chi connectivity index (χ2n) is 9.35. The molecule has 0 aromatic heterocycles. The van der Waals surface area contributed by atoms with Crippen molar-refractivity contribution in [3.63, 3.8) is 0 Å². The van der Waals surface area contributed by atoms with Gasteiger partial charge in [-0.05, 0) is 60.7 Å². The van der Waals surface area contributed by atoms with E-state index >= 15 is 0 Å². The van der Waals surface area contributed by atoms with Crippen molar-refractivity contribution in [2.45, 2.75) is 52.6 Å². The van der Waals surface area contributed by atoms with Crippen LogP contribution in [0.3, 0.4) is 0 Å². The number of nitrogens with zero attached hydrogens (tertiary/aromatic N) is 2. The van der Waals surface area contributed by atoms with Crippen LogP contribution in [0.4, 0.5) is 5.69 Å². The lowest BCUT2D eigenvalue weighted by Gasteiger charge is -2.31. The van der Waals surface area contributed by atoms with Crippen molar-refractivity contribution >= 4 is 39.1 Å². The Kier molecular flexibility index (Phi) is 11.7. The zero-order chi connectivity index (χ0) is 27.6. The molecule has 2 amide bonds. The van der Waals surface area contributed by atoms with Crippen LogP contribution in [-0.2, 0) is 26.2 Å². The topological polar surface area (TPSA) is 96.0 Å². The van der Waals surface area contributed by atoms with E-state index in [0.29, 0.717) is 29.4 Å². The molecule has 0 aliphatic heterocycles. The summed E-state index contributed by atoms with van der Waals surface area (Å²) in [6, 6.07) is 13.2. The number of hydrogen-bond donors (Lipinski definition) is 1. The summed E-state index contributed by atoms with van der Waals surface area (Å²) in [6.45, 7) is 6.79. The van der Waals surface area contributed by atoms with E-state index in [9.17, 15) is 18.0 Å². The fourth-order valence-electron chi connectivity index (χ4n) is 3.88. The molecule has 0 fully saturated rings. The van der Waals surface area contributed by atoms with Gasteiger partial charge >= 0.3 is 0 Å². The van der Waals surface area contributed by atoms with Gasteiger partial charge in [-0.1, -0.05) is 44.5 Å². The molecule has 0 aliphatic carbocycles. The second kappa shape index (κ2) is 14.2. The lowest BCUT2D eigenvalue weighted by atomic mass is 10.1. The molecule has 0 unspecified atom stereocenters. The Bertz CT molecular complexity index is 1120. The predicted molar refractivity (Wildman–Crippen MR) is 148 cm³/mol. The highest BCUT2D eigenvalue weighted by molar-refractivity contribution is 7.92. The number of carbonyl (C=O) groups excluding carboxylic acids is 2. The molecule has 0 heterocycles. The Hall–Kier alpha value is -2.78. The fraction of sp³-hybridized carbons (Fsp3) is 0.481. The first-order chi connectivity index (χ1) is 17.5. The van der Waals surface area contributed by atoms with E-state index in [4.69, 9.17) is 16.3 Å². The minimum Gasteiger partial charge on any atom is -0.497 e. The zero-order valence-electron chi connectivity index (χ0n) is 22.2. The number of rotatable bonds is 14. The highest BCUT2D eigenvalue weighted by Crippen LogP contribution is 2.22. The number of nitrogens with one attached hydrogen (secondary N) is 1. The average Bonchev–Trinajstić information content (AvgIpc) is 2.85. The van der Waals surface area contributed by atoms with E-state index in [1.807, 2.05) is 45.0 Å². The number of benzene rings is 2. The molecule has 204 valence electrons. The highest BCUT2D eigenvalue weighted by atomic mass is 35.5. The van der Waals surface area contributed by atoms with Gasteiger partial charge in [-0.3, -0.25) is 13.9 Å². The summed E-state index contributed by atoms with van der Waals surface area (Å²) >= 11 is 5.95. The smallest absolute Gasteiger partial charge is 0.242 e. The van der Waals surface area contributed by atoms with E-state index in [1.165, 1.54) is 4.31 Å². The first kappa shape index (κ1) is 30.4. The van der Waals surface area contributed by atoms with Gasteiger partial charge in [0.25, 0.3) is 0 Å². The van der Waals surface area contributed by atoms with Crippen LogP contribution < -0.4 is 14.4 Å². The summed E-state index contributed by atoms with van der Waals surface area (Å²) < 4.78 is 31.3. The molecular weight excluding hydrogens is 514 g/mol. The van der Waals surface area contributed by atoms with Crippen molar-refractivity contribution in [2.24, 2.45) is 5.92 Å². The lowest BCUT2D eigenvalue weighted by molar-refractivity contribution is -0.141. The number of carbonyl (C=O) groups is 2. The standard InChI is InChI=1S/C27H38ClN3O5S/c1-6-25(27(33)29-18-20(2)3)30(19-21-9-15-24(36-4)16-10-21)26(32)8-7-17-31(37(5,34)35)23-13-11-22(28)12-14-23/h9-16,20,25H,6-8,17-19H2,1-5H3,(H,29,33)/t25-/m1/s1. The van der Waals surface area contributed by atoms with Gasteiger partial charge in [-0.25, -0.2) is 8.42 Å². The van der Waals surface area contributed by atoms with Crippen molar-refractivity contribution in [3.8, 4) is 5.75 Å². The molecule has 0 saturated carbocycles. The van der Waals surface area contributed by atoms with Gasteiger partial charge in [0.2, 0.25) is 21.8 Å². The van der Waals surface area contributed by atoms with Crippen LogP contribution in [0.15, 0.2) is 48.5 Å². The van der Waals surface area contributed by atoms with Crippen LogP contribution >= 0.6 is 11.6 Å². The molecule has 0 spiro atoms. The van der Waals surface area contributed by atoms with E-state index in [0.717, 1.165) is 11.8 Å². The maximum atomic E-state index is 13.5. The first-order valence-electron chi connectivity index (χ1n) is 12.4. The van der Waals surface area contributed by atoms with Crippen molar-refractivity contribution in [1.29, 1.82) is 0 Å². The Labute approximate surface area is 226 Å². The maximum absolute atomic E-state index is 13.5. The highest BCUT2D eigenvalue weighted by Gasteiger charge is 2.29. The molecule has 37 heavy (non-hydrogen) atoms. The largest absolute Gasteiger partial charge is 0.497 e. The van der Waals surface area contributed by atoms with Gasteiger partial charge in [0.15, 0.2) is 0 Å². The molecule has 0 saturated heterocycles. The molecule has 0 aliphatic rings. The molecule has 0 bridgehead atoms. The molecule has 10 heteroatoms. The maximum Gasteiger partial charge on any atom is 0.242 e. The van der Waals surface area contributed by atoms with Crippen molar-refractivity contribution < 1.29 is 22.7 Å². The van der Waals surface area contributed by atoms with Gasteiger partial charge in [0.05, 0.1) is 19.1 Å². The average molecular weight is 552 g/mol. The van der Waals surface area contributed by atoms with Gasteiger partial charge in [-0.15, -0.1) is 0 Å². The van der Waals surface area contributed by atoms with Crippen LogP contribution in [0.2, 0.25) is 5.02 Å². The summed E-state index contributed by atoms with van der Waals surface area (Å²) in [5.74, 6) is 0.567. The lowest BCUT2D eigenvalue weighted by Crippen LogP contribution is -2.49. The number of hydrogen-bond acceptors (Lipinski definition) is 5. The zero-order valence-corrected chi connectivity index (χ0v) is 23.8. The molecule has 2 rings (SSSR count). The van der Waals surface area contributed by atoms with Gasteiger partial charge in [0, 0.05) is 31.1 Å². The first-order valence-corrected chi connectivity index (χ1v) is 14.6. The summed E-state index contributed by atoms with van der Waals surface area (Å²) in [5, 5.41) is 3.44. The van der Waals surface area contributed by atoms with Crippen molar-refractivity contribution in [1.82, 2.24) is 10.2 Å². The number of anilines is 1. The molecule has 0 radical (unpaired) electrons. The number of amides is 2. The van der Waals surface area contributed by atoms with E-state index in [2.05, 4.69) is 5.32 Å². The molecule has 1 atom stereocenters. The van der Waals surface area contributed by atoms with Crippen LogP contribution in [0.5, 0.6) is 5.75 Å². The van der Waals surface area contributed by atoms with E-state index < -0.39 is 16.1 Å². The van der Waals surface area contributed by atoms with Gasteiger partial charge in [0.1, 0.15) is 11.8 Å². The molecule has 1 N–H and O–H groups in total. The summed E-state index contributed by atoms with van der Waals surface area (Å²) in [4.78, 5) is 28.1. The van der Waals surface area contributed by atoms with Crippen LogP contribution in [0.25, 0.3) is 0 Å². The molecule has 2 aromatic carbocycles. The number of ether oxygens (including phenoxy) is 1. The van der Waals surface area contributed by atoms with Gasteiger partial charge < -0.3 is 15.0 Å². The summed E-state index contributed by atoms with van der Waals surface area (Å²) in [5.41, 5.74) is 1.34. The Morgan fingerprint density at radius 3 is 2.19 bits per heavy atom. The third-order valence-corrected chi connectivity index (χ3v) is 7.30. The van der Waals surface area contributed by atoms with Crippen molar-refractivity contribution in [3.05, 3.63) is 59.1 Å². The summed E-state index contributed by atoms with van der Waals surface area (Å²) in [6.07, 6.45) is 1.96. The van der Waals surface area contributed by atoms with Crippen LogP contribution in [0, 0.1) is 5.92 Å². The quantitative estimate of drug-likeness (QED) is 0.373. The Morgan fingerprint density at radius 2 is 1.68 bits per heavy atom. The fourth-order valence-corrected chi connectivity index (χ4v) is 4.97. The van der Waals surface area contributed by atoms with Gasteiger partial charge in [-0.2, -0.15) is 0 Å². The SMILES string of the molecule is CC[C@H](C(=O)NCC(C)C)N(Cc1ccc(OC)cc1)C(=O)CCCN(c1ccc(Cl)cc1)S(C)(=O)=O.